The minimum absolute atomic E-state index is 0.0166. The Labute approximate surface area is 86.4 Å². The summed E-state index contributed by atoms with van der Waals surface area (Å²) in [5.74, 6) is 0. The van der Waals surface area contributed by atoms with Crippen LogP contribution in [0.15, 0.2) is 18.3 Å². The van der Waals surface area contributed by atoms with Gasteiger partial charge < -0.3 is 0 Å². The molecule has 0 atom stereocenters. The molecule has 0 N–H and O–H groups in total. The summed E-state index contributed by atoms with van der Waals surface area (Å²) in [6.45, 7) is 0. The van der Waals surface area contributed by atoms with Gasteiger partial charge >= 0.3 is 6.18 Å². The number of pyridine rings is 1. The standard InChI is InChI=1S/C9H4F3NOS/c10-9(11,12)7-1-2-13-8-6(7)3-5(4-14)15-8/h1-4H. The highest BCUT2D eigenvalue weighted by molar-refractivity contribution is 7.20. The maximum Gasteiger partial charge on any atom is 0.417 e. The zero-order chi connectivity index (χ0) is 11.1. The fourth-order valence-corrected chi connectivity index (χ4v) is 2.10. The smallest absolute Gasteiger partial charge is 0.297 e. The lowest BCUT2D eigenvalue weighted by atomic mass is 10.2. The third kappa shape index (κ3) is 1.72. The van der Waals surface area contributed by atoms with E-state index in [2.05, 4.69) is 4.98 Å². The van der Waals surface area contributed by atoms with Crippen molar-refractivity contribution >= 4 is 27.8 Å². The molecule has 15 heavy (non-hydrogen) atoms. The number of aldehydes is 1. The Morgan fingerprint density at radius 3 is 2.73 bits per heavy atom. The number of fused-ring (bicyclic) bond motifs is 1. The SMILES string of the molecule is O=Cc1cc2c(C(F)(F)F)ccnc2s1. The van der Waals surface area contributed by atoms with Gasteiger partial charge in [-0.15, -0.1) is 11.3 Å². The van der Waals surface area contributed by atoms with Crippen molar-refractivity contribution < 1.29 is 18.0 Å². The van der Waals surface area contributed by atoms with Crippen molar-refractivity contribution in [2.24, 2.45) is 0 Å². The Balaban J connectivity index is 2.75. The van der Waals surface area contributed by atoms with Crippen LogP contribution in [-0.4, -0.2) is 11.3 Å². The Kier molecular flexibility index (Phi) is 2.22. The first-order valence-electron chi connectivity index (χ1n) is 3.93. The molecule has 0 unspecified atom stereocenters. The first-order chi connectivity index (χ1) is 7.02. The highest BCUT2D eigenvalue weighted by atomic mass is 32.1. The molecule has 0 aromatic carbocycles. The average Bonchev–Trinajstić information content (AvgIpc) is 2.57. The number of rotatable bonds is 1. The topological polar surface area (TPSA) is 30.0 Å². The van der Waals surface area contributed by atoms with Gasteiger partial charge in [-0.2, -0.15) is 13.2 Å². The molecule has 0 aliphatic carbocycles. The summed E-state index contributed by atoms with van der Waals surface area (Å²) in [6.07, 6.45) is -2.80. The summed E-state index contributed by atoms with van der Waals surface area (Å²) in [7, 11) is 0. The van der Waals surface area contributed by atoms with Crippen LogP contribution in [0, 0.1) is 0 Å². The van der Waals surface area contributed by atoms with Crippen LogP contribution in [0.1, 0.15) is 15.2 Å². The maximum absolute atomic E-state index is 12.5. The third-order valence-corrected chi connectivity index (χ3v) is 2.84. The van der Waals surface area contributed by atoms with Gasteiger partial charge in [-0.3, -0.25) is 4.79 Å². The van der Waals surface area contributed by atoms with Crippen LogP contribution < -0.4 is 0 Å². The number of hydrogen-bond donors (Lipinski definition) is 0. The van der Waals surface area contributed by atoms with Crippen LogP contribution in [0.4, 0.5) is 13.2 Å². The van der Waals surface area contributed by atoms with E-state index in [9.17, 15) is 18.0 Å². The molecule has 0 aliphatic heterocycles. The number of aromatic nitrogens is 1. The predicted octanol–water partition coefficient (Wildman–Crippen LogP) is 3.13. The van der Waals surface area contributed by atoms with E-state index in [0.29, 0.717) is 6.29 Å². The molecule has 2 heterocycles. The van der Waals surface area contributed by atoms with E-state index in [1.54, 1.807) is 0 Å². The lowest BCUT2D eigenvalue weighted by Gasteiger charge is -2.06. The van der Waals surface area contributed by atoms with E-state index < -0.39 is 11.7 Å². The van der Waals surface area contributed by atoms with E-state index >= 15 is 0 Å². The molecular formula is C9H4F3NOS. The lowest BCUT2D eigenvalue weighted by molar-refractivity contribution is -0.136. The molecule has 0 saturated carbocycles. The van der Waals surface area contributed by atoms with E-state index in [1.807, 2.05) is 0 Å². The summed E-state index contributed by atoms with van der Waals surface area (Å²) in [6, 6.07) is 2.12. The summed E-state index contributed by atoms with van der Waals surface area (Å²) in [5, 5.41) is -0.0166. The van der Waals surface area contributed by atoms with Crippen LogP contribution in [0.25, 0.3) is 10.2 Å². The fraction of sp³-hybridized carbons (Fsp3) is 0.111. The number of carbonyl (C=O) groups is 1. The Morgan fingerprint density at radius 1 is 1.40 bits per heavy atom. The minimum atomic E-state index is -4.41. The van der Waals surface area contributed by atoms with Crippen LogP contribution in [0.5, 0.6) is 0 Å². The van der Waals surface area contributed by atoms with Crippen molar-refractivity contribution in [2.75, 3.05) is 0 Å². The molecule has 0 spiro atoms. The maximum atomic E-state index is 12.5. The van der Waals surface area contributed by atoms with Crippen molar-refractivity contribution in [1.29, 1.82) is 0 Å². The molecule has 0 amide bonds. The highest BCUT2D eigenvalue weighted by Crippen LogP contribution is 2.36. The molecule has 78 valence electrons. The van der Waals surface area contributed by atoms with Crippen LogP contribution in [-0.2, 0) is 6.18 Å². The van der Waals surface area contributed by atoms with Crippen molar-refractivity contribution in [3.05, 3.63) is 28.8 Å². The average molecular weight is 231 g/mol. The summed E-state index contributed by atoms with van der Waals surface area (Å²) in [5.41, 5.74) is -0.753. The minimum Gasteiger partial charge on any atom is -0.297 e. The Hall–Kier alpha value is -1.43. The van der Waals surface area contributed by atoms with Crippen molar-refractivity contribution in [2.45, 2.75) is 6.18 Å². The Morgan fingerprint density at radius 2 is 2.13 bits per heavy atom. The van der Waals surface area contributed by atoms with Gasteiger partial charge in [0, 0.05) is 11.6 Å². The quantitative estimate of drug-likeness (QED) is 0.706. The second-order valence-corrected chi connectivity index (χ2v) is 3.90. The summed E-state index contributed by atoms with van der Waals surface area (Å²) in [4.78, 5) is 14.7. The molecule has 2 aromatic rings. The zero-order valence-corrected chi connectivity index (χ0v) is 8.02. The van der Waals surface area contributed by atoms with Gasteiger partial charge in [0.15, 0.2) is 6.29 Å². The molecule has 2 aromatic heterocycles. The molecule has 0 fully saturated rings. The second-order valence-electron chi connectivity index (χ2n) is 2.84. The molecule has 6 heteroatoms. The van der Waals surface area contributed by atoms with Gasteiger partial charge in [0.1, 0.15) is 4.83 Å². The monoisotopic (exact) mass is 231 g/mol. The molecule has 0 radical (unpaired) electrons. The number of carbonyl (C=O) groups excluding carboxylic acids is 1. The van der Waals surface area contributed by atoms with Crippen LogP contribution in [0.3, 0.4) is 0 Å². The Bertz CT molecular complexity index is 518. The highest BCUT2D eigenvalue weighted by Gasteiger charge is 2.33. The number of thiophene rings is 1. The molecule has 0 saturated heterocycles. The van der Waals surface area contributed by atoms with E-state index in [0.717, 1.165) is 23.6 Å². The van der Waals surface area contributed by atoms with E-state index in [-0.39, 0.29) is 15.1 Å². The number of nitrogens with zero attached hydrogens (tertiary/aromatic N) is 1. The second kappa shape index (κ2) is 3.30. The molecule has 2 nitrogen and oxygen atoms in total. The van der Waals surface area contributed by atoms with Gasteiger partial charge in [0.25, 0.3) is 0 Å². The van der Waals surface area contributed by atoms with Crippen molar-refractivity contribution in [3.63, 3.8) is 0 Å². The number of alkyl halides is 3. The fourth-order valence-electron chi connectivity index (χ4n) is 1.26. The van der Waals surface area contributed by atoms with E-state index in [1.165, 1.54) is 6.07 Å². The van der Waals surface area contributed by atoms with Gasteiger partial charge in [0.2, 0.25) is 0 Å². The van der Waals surface area contributed by atoms with Crippen molar-refractivity contribution in [3.8, 4) is 0 Å². The van der Waals surface area contributed by atoms with Crippen LogP contribution >= 0.6 is 11.3 Å². The summed E-state index contributed by atoms with van der Waals surface area (Å²) >= 11 is 0.948. The van der Waals surface area contributed by atoms with Gasteiger partial charge in [-0.05, 0) is 12.1 Å². The molecule has 0 aliphatic rings. The first kappa shape index (κ1) is 10.1. The molecule has 0 bridgehead atoms. The number of hydrogen-bond acceptors (Lipinski definition) is 3. The van der Waals surface area contributed by atoms with Gasteiger partial charge in [0.05, 0.1) is 10.4 Å². The predicted molar refractivity (Wildman–Crippen MR) is 50.0 cm³/mol. The molecular weight excluding hydrogens is 227 g/mol. The number of halogens is 3. The third-order valence-electron chi connectivity index (χ3n) is 1.88. The van der Waals surface area contributed by atoms with Crippen molar-refractivity contribution in [1.82, 2.24) is 4.98 Å². The lowest BCUT2D eigenvalue weighted by Crippen LogP contribution is -2.05. The molecule has 2 rings (SSSR count). The first-order valence-corrected chi connectivity index (χ1v) is 4.75. The normalized spacial score (nSPS) is 11.9. The van der Waals surface area contributed by atoms with Crippen LogP contribution in [0.2, 0.25) is 0 Å². The zero-order valence-electron chi connectivity index (χ0n) is 7.21. The van der Waals surface area contributed by atoms with Gasteiger partial charge in [-0.1, -0.05) is 0 Å². The van der Waals surface area contributed by atoms with Gasteiger partial charge in [-0.25, -0.2) is 4.98 Å². The summed E-state index contributed by atoms with van der Waals surface area (Å²) < 4.78 is 37.6. The van der Waals surface area contributed by atoms with E-state index in [4.69, 9.17) is 0 Å². The largest absolute Gasteiger partial charge is 0.417 e.